The third-order valence-corrected chi connectivity index (χ3v) is 3.94. The van der Waals surface area contributed by atoms with E-state index in [0.29, 0.717) is 0 Å². The van der Waals surface area contributed by atoms with Crippen molar-refractivity contribution in [3.8, 4) is 6.07 Å². The van der Waals surface area contributed by atoms with Gasteiger partial charge in [0.05, 0.1) is 6.07 Å². The largest absolute Gasteiger partial charge is 0.314 e. The molecule has 18 heavy (non-hydrogen) atoms. The van der Waals surface area contributed by atoms with Crippen molar-refractivity contribution in [2.24, 2.45) is 0 Å². The van der Waals surface area contributed by atoms with Gasteiger partial charge < -0.3 is 5.32 Å². The second-order valence-electron chi connectivity index (χ2n) is 5.26. The topological polar surface area (TPSA) is 39.1 Å². The molecule has 2 fully saturated rings. The van der Waals surface area contributed by atoms with Crippen LogP contribution in [0.1, 0.15) is 35.9 Å². The lowest BCUT2D eigenvalue weighted by Gasteiger charge is -2.31. The molecule has 0 spiro atoms. The fourth-order valence-electron chi connectivity index (χ4n) is 2.67. The third-order valence-electron chi connectivity index (χ3n) is 3.94. The molecule has 1 N–H and O–H groups in total. The maximum absolute atomic E-state index is 9.41. The predicted octanol–water partition coefficient (Wildman–Crippen LogP) is 2.03. The molecule has 3 nitrogen and oxygen atoms in total. The smallest absolute Gasteiger partial charge is 0.123 e. The Morgan fingerprint density at radius 1 is 1.17 bits per heavy atom. The Labute approximate surface area is 108 Å². The molecule has 2 aliphatic rings. The van der Waals surface area contributed by atoms with Crippen molar-refractivity contribution < 1.29 is 0 Å². The summed E-state index contributed by atoms with van der Waals surface area (Å²) in [5.41, 5.74) is 2.58. The number of piperazine rings is 1. The third kappa shape index (κ3) is 2.40. The van der Waals surface area contributed by atoms with Gasteiger partial charge in [0.15, 0.2) is 0 Å². The Bertz CT molecular complexity index is 436. The number of nitrogens with zero attached hydrogens (tertiary/aromatic N) is 2. The average molecular weight is 241 g/mol. The Morgan fingerprint density at radius 3 is 2.39 bits per heavy atom. The van der Waals surface area contributed by atoms with Crippen LogP contribution < -0.4 is 5.32 Å². The molecule has 0 aromatic heterocycles. The normalized spacial score (nSPS) is 22.4. The number of nitrogens with one attached hydrogen (secondary N) is 1. The van der Waals surface area contributed by atoms with E-state index in [1.54, 1.807) is 0 Å². The van der Waals surface area contributed by atoms with Gasteiger partial charge in [-0.25, -0.2) is 0 Å². The zero-order chi connectivity index (χ0) is 12.4. The highest BCUT2D eigenvalue weighted by Crippen LogP contribution is 2.40. The number of hydrogen-bond acceptors (Lipinski definition) is 3. The van der Waals surface area contributed by atoms with Crippen LogP contribution in [-0.4, -0.2) is 31.1 Å². The zero-order valence-corrected chi connectivity index (χ0v) is 10.6. The van der Waals surface area contributed by atoms with Crippen LogP contribution in [0, 0.1) is 11.3 Å². The summed E-state index contributed by atoms with van der Waals surface area (Å²) in [5.74, 6) is 0.791. The summed E-state index contributed by atoms with van der Waals surface area (Å²) in [6.07, 6.45) is 2.66. The number of rotatable bonds is 3. The summed E-state index contributed by atoms with van der Waals surface area (Å²) in [4.78, 5) is 2.27. The molecule has 1 unspecified atom stereocenters. The molecule has 3 rings (SSSR count). The van der Waals surface area contributed by atoms with Crippen molar-refractivity contribution in [3.05, 3.63) is 35.4 Å². The highest BCUT2D eigenvalue weighted by Gasteiger charge is 2.25. The molecule has 1 aliphatic carbocycles. The van der Waals surface area contributed by atoms with Gasteiger partial charge in [-0.1, -0.05) is 24.3 Å². The second kappa shape index (κ2) is 5.09. The van der Waals surface area contributed by atoms with Crippen molar-refractivity contribution in [2.75, 3.05) is 26.2 Å². The van der Waals surface area contributed by atoms with Crippen LogP contribution in [0.3, 0.4) is 0 Å². The van der Waals surface area contributed by atoms with E-state index in [4.69, 9.17) is 0 Å². The van der Waals surface area contributed by atoms with E-state index < -0.39 is 0 Å². The number of nitriles is 1. The minimum Gasteiger partial charge on any atom is -0.314 e. The van der Waals surface area contributed by atoms with E-state index in [9.17, 15) is 5.26 Å². The molecule has 1 aromatic rings. The Kier molecular flexibility index (Phi) is 3.31. The van der Waals surface area contributed by atoms with Gasteiger partial charge in [0.25, 0.3) is 0 Å². The second-order valence-corrected chi connectivity index (χ2v) is 5.26. The van der Waals surface area contributed by atoms with E-state index in [0.717, 1.165) is 37.7 Å². The van der Waals surface area contributed by atoms with Crippen LogP contribution >= 0.6 is 0 Å². The van der Waals surface area contributed by atoms with Crippen LogP contribution in [0.25, 0.3) is 0 Å². The molecular weight excluding hydrogens is 222 g/mol. The fraction of sp³-hybridized carbons (Fsp3) is 0.533. The van der Waals surface area contributed by atoms with Gasteiger partial charge >= 0.3 is 0 Å². The highest BCUT2D eigenvalue weighted by atomic mass is 15.2. The van der Waals surface area contributed by atoms with Gasteiger partial charge in [-0.05, 0) is 29.9 Å². The van der Waals surface area contributed by atoms with Gasteiger partial charge in [-0.3, -0.25) is 4.90 Å². The van der Waals surface area contributed by atoms with Crippen LogP contribution in [0.2, 0.25) is 0 Å². The van der Waals surface area contributed by atoms with E-state index >= 15 is 0 Å². The summed E-state index contributed by atoms with van der Waals surface area (Å²) >= 11 is 0. The SMILES string of the molecule is N#CC(c1ccc(C2CC2)cc1)N1CCNCC1. The standard InChI is InChI=1S/C15H19N3/c16-11-15(18-9-7-17-8-10-18)14-5-3-13(4-6-14)12-1-2-12/h3-6,12,15,17H,1-2,7-10H2. The Balaban J connectivity index is 1.75. The lowest BCUT2D eigenvalue weighted by atomic mass is 10.0. The molecule has 1 saturated carbocycles. The molecule has 1 atom stereocenters. The first-order valence-electron chi connectivity index (χ1n) is 6.83. The van der Waals surface area contributed by atoms with Crippen LogP contribution in [0.5, 0.6) is 0 Å². The molecule has 1 heterocycles. The first-order chi connectivity index (χ1) is 8.88. The molecule has 1 saturated heterocycles. The first kappa shape index (κ1) is 11.7. The van der Waals surface area contributed by atoms with Gasteiger partial charge in [0.1, 0.15) is 6.04 Å². The Hall–Kier alpha value is -1.37. The molecular formula is C15H19N3. The lowest BCUT2D eigenvalue weighted by Crippen LogP contribution is -2.44. The zero-order valence-electron chi connectivity index (χ0n) is 10.6. The summed E-state index contributed by atoms with van der Waals surface area (Å²) in [6.45, 7) is 3.89. The van der Waals surface area contributed by atoms with Crippen molar-refractivity contribution >= 4 is 0 Å². The van der Waals surface area contributed by atoms with E-state index in [2.05, 4.69) is 40.6 Å². The van der Waals surface area contributed by atoms with Gasteiger partial charge in [0, 0.05) is 26.2 Å². The number of benzene rings is 1. The van der Waals surface area contributed by atoms with Crippen molar-refractivity contribution in [1.29, 1.82) is 5.26 Å². The maximum Gasteiger partial charge on any atom is 0.123 e. The first-order valence-corrected chi connectivity index (χ1v) is 6.83. The van der Waals surface area contributed by atoms with E-state index in [1.807, 2.05) is 0 Å². The summed E-state index contributed by atoms with van der Waals surface area (Å²) < 4.78 is 0. The summed E-state index contributed by atoms with van der Waals surface area (Å²) in [5, 5.41) is 12.7. The fourth-order valence-corrected chi connectivity index (χ4v) is 2.67. The Morgan fingerprint density at radius 2 is 1.83 bits per heavy atom. The van der Waals surface area contributed by atoms with Gasteiger partial charge in [0.2, 0.25) is 0 Å². The minimum absolute atomic E-state index is 0.0830. The lowest BCUT2D eigenvalue weighted by molar-refractivity contribution is 0.207. The molecule has 0 radical (unpaired) electrons. The highest BCUT2D eigenvalue weighted by molar-refractivity contribution is 5.32. The van der Waals surface area contributed by atoms with Crippen molar-refractivity contribution in [1.82, 2.24) is 10.2 Å². The molecule has 3 heteroatoms. The maximum atomic E-state index is 9.41. The summed E-state index contributed by atoms with van der Waals surface area (Å²) in [6, 6.07) is 11.1. The van der Waals surface area contributed by atoms with Crippen molar-refractivity contribution in [3.63, 3.8) is 0 Å². The molecule has 0 bridgehead atoms. The molecule has 0 amide bonds. The van der Waals surface area contributed by atoms with Crippen LogP contribution in [0.4, 0.5) is 0 Å². The average Bonchev–Trinajstić information content (AvgIpc) is 3.26. The summed E-state index contributed by atoms with van der Waals surface area (Å²) in [7, 11) is 0. The van der Waals surface area contributed by atoms with E-state index in [1.165, 1.54) is 18.4 Å². The van der Waals surface area contributed by atoms with Crippen LogP contribution in [-0.2, 0) is 0 Å². The monoisotopic (exact) mass is 241 g/mol. The van der Waals surface area contributed by atoms with Gasteiger partial charge in [-0.2, -0.15) is 5.26 Å². The number of hydrogen-bond donors (Lipinski definition) is 1. The minimum atomic E-state index is -0.0830. The predicted molar refractivity (Wildman–Crippen MR) is 71.2 cm³/mol. The molecule has 1 aliphatic heterocycles. The van der Waals surface area contributed by atoms with Crippen molar-refractivity contribution in [2.45, 2.75) is 24.8 Å². The van der Waals surface area contributed by atoms with E-state index in [-0.39, 0.29) is 6.04 Å². The van der Waals surface area contributed by atoms with Gasteiger partial charge in [-0.15, -0.1) is 0 Å². The quantitative estimate of drug-likeness (QED) is 0.880. The molecule has 1 aromatic carbocycles. The van der Waals surface area contributed by atoms with Crippen LogP contribution in [0.15, 0.2) is 24.3 Å². The molecule has 94 valence electrons.